The van der Waals surface area contributed by atoms with Crippen molar-refractivity contribution >= 4 is 28.3 Å². The Balaban J connectivity index is 2.12. The van der Waals surface area contributed by atoms with Crippen LogP contribution in [0.25, 0.3) is 10.9 Å². The summed E-state index contributed by atoms with van der Waals surface area (Å²) < 4.78 is 39.1. The molecule has 0 aliphatic heterocycles. The summed E-state index contributed by atoms with van der Waals surface area (Å²) in [5.41, 5.74) is -0.112. The van der Waals surface area contributed by atoms with Crippen LogP contribution < -0.4 is 11.0 Å². The molecule has 10 heteroatoms. The fourth-order valence-corrected chi connectivity index (χ4v) is 2.51. The van der Waals surface area contributed by atoms with Crippen LogP contribution in [0.2, 0.25) is 5.02 Å². The maximum atomic E-state index is 12.6. The average Bonchev–Trinajstić information content (AvgIpc) is 2.98. The molecular weight excluding hydrogens is 347 g/mol. The van der Waals surface area contributed by atoms with Gasteiger partial charge in [0.1, 0.15) is 5.82 Å². The maximum Gasteiger partial charge on any atom is 0.449 e. The van der Waals surface area contributed by atoms with Crippen molar-refractivity contribution < 1.29 is 13.2 Å². The Labute approximate surface area is 138 Å². The first-order chi connectivity index (χ1) is 11.3. The highest BCUT2D eigenvalue weighted by Crippen LogP contribution is 2.27. The van der Waals surface area contributed by atoms with Gasteiger partial charge in [0.05, 0.1) is 17.8 Å². The van der Waals surface area contributed by atoms with Gasteiger partial charge in [-0.25, -0.2) is 9.78 Å². The largest absolute Gasteiger partial charge is 0.449 e. The fourth-order valence-electron chi connectivity index (χ4n) is 2.34. The third kappa shape index (κ3) is 2.94. The molecule has 3 aromatic rings. The number of aromatic amines is 1. The van der Waals surface area contributed by atoms with Crippen molar-refractivity contribution in [2.45, 2.75) is 12.7 Å². The molecule has 0 fully saturated rings. The van der Waals surface area contributed by atoms with Gasteiger partial charge in [0.25, 0.3) is 0 Å². The van der Waals surface area contributed by atoms with Crippen LogP contribution in [-0.4, -0.2) is 26.6 Å². The average molecular weight is 358 g/mol. The molecule has 0 bridgehead atoms. The predicted molar refractivity (Wildman–Crippen MR) is 83.3 cm³/mol. The monoisotopic (exact) mass is 357 g/mol. The minimum Gasteiger partial charge on any atom is -0.372 e. The SMILES string of the molecule is CNc1nc(=O)n(Cc2c[nH]c(C(F)(F)F)n2)c2cc(Cl)ccc12. The van der Waals surface area contributed by atoms with Crippen molar-refractivity contribution in [1.29, 1.82) is 0 Å². The first-order valence-electron chi connectivity index (χ1n) is 6.79. The zero-order valence-electron chi connectivity index (χ0n) is 12.3. The van der Waals surface area contributed by atoms with E-state index in [1.54, 1.807) is 25.2 Å². The van der Waals surface area contributed by atoms with Crippen LogP contribution in [-0.2, 0) is 12.7 Å². The first-order valence-corrected chi connectivity index (χ1v) is 7.16. The quantitative estimate of drug-likeness (QED) is 0.755. The van der Waals surface area contributed by atoms with E-state index in [9.17, 15) is 18.0 Å². The van der Waals surface area contributed by atoms with Crippen molar-refractivity contribution in [3.63, 3.8) is 0 Å². The smallest absolute Gasteiger partial charge is 0.372 e. The van der Waals surface area contributed by atoms with Crippen molar-refractivity contribution in [3.8, 4) is 0 Å². The number of H-pyrrole nitrogens is 1. The molecule has 126 valence electrons. The summed E-state index contributed by atoms with van der Waals surface area (Å²) in [6, 6.07) is 4.87. The van der Waals surface area contributed by atoms with E-state index >= 15 is 0 Å². The predicted octanol–water partition coefficient (Wildman–Crippen LogP) is 2.88. The van der Waals surface area contributed by atoms with Gasteiger partial charge in [-0.15, -0.1) is 0 Å². The molecule has 0 spiro atoms. The molecule has 6 nitrogen and oxygen atoms in total. The second-order valence-electron chi connectivity index (χ2n) is 4.98. The molecule has 0 saturated carbocycles. The summed E-state index contributed by atoms with van der Waals surface area (Å²) in [6.07, 6.45) is -3.47. The van der Waals surface area contributed by atoms with Crippen LogP contribution in [0.3, 0.4) is 0 Å². The van der Waals surface area contributed by atoms with Crippen LogP contribution >= 0.6 is 11.6 Å². The number of alkyl halides is 3. The lowest BCUT2D eigenvalue weighted by Crippen LogP contribution is -2.25. The zero-order chi connectivity index (χ0) is 17.5. The van der Waals surface area contributed by atoms with Crippen molar-refractivity contribution in [1.82, 2.24) is 19.5 Å². The highest BCUT2D eigenvalue weighted by atomic mass is 35.5. The van der Waals surface area contributed by atoms with E-state index < -0.39 is 17.7 Å². The number of hydrogen-bond acceptors (Lipinski definition) is 4. The summed E-state index contributed by atoms with van der Waals surface area (Å²) in [6.45, 7) is -0.167. The van der Waals surface area contributed by atoms with E-state index in [2.05, 4.69) is 20.3 Å². The normalized spacial score (nSPS) is 11.9. The molecule has 2 heterocycles. The van der Waals surface area contributed by atoms with Crippen LogP contribution in [0.1, 0.15) is 11.5 Å². The van der Waals surface area contributed by atoms with Gasteiger partial charge in [0.2, 0.25) is 5.82 Å². The van der Waals surface area contributed by atoms with E-state index in [0.717, 1.165) is 6.20 Å². The van der Waals surface area contributed by atoms with Gasteiger partial charge >= 0.3 is 11.9 Å². The Morgan fingerprint density at radius 1 is 1.33 bits per heavy atom. The van der Waals surface area contributed by atoms with Gasteiger partial charge in [-0.05, 0) is 18.2 Å². The first kappa shape index (κ1) is 16.3. The van der Waals surface area contributed by atoms with E-state index in [4.69, 9.17) is 11.6 Å². The van der Waals surface area contributed by atoms with Gasteiger partial charge in [-0.1, -0.05) is 11.6 Å². The van der Waals surface area contributed by atoms with Crippen LogP contribution in [0.5, 0.6) is 0 Å². The third-order valence-electron chi connectivity index (χ3n) is 3.40. The Kier molecular flexibility index (Phi) is 3.96. The highest BCUT2D eigenvalue weighted by molar-refractivity contribution is 6.31. The van der Waals surface area contributed by atoms with Crippen molar-refractivity contribution in [2.75, 3.05) is 12.4 Å². The molecule has 0 aliphatic rings. The maximum absolute atomic E-state index is 12.6. The minimum absolute atomic E-state index is 0.0599. The number of aromatic nitrogens is 4. The number of halogens is 4. The summed E-state index contributed by atoms with van der Waals surface area (Å²) >= 11 is 5.98. The molecule has 24 heavy (non-hydrogen) atoms. The Morgan fingerprint density at radius 2 is 2.08 bits per heavy atom. The highest BCUT2D eigenvalue weighted by Gasteiger charge is 2.34. The number of anilines is 1. The second-order valence-corrected chi connectivity index (χ2v) is 5.42. The fraction of sp³-hybridized carbons (Fsp3) is 0.214. The van der Waals surface area contributed by atoms with Crippen molar-refractivity contribution in [3.05, 3.63) is 51.4 Å². The third-order valence-corrected chi connectivity index (χ3v) is 3.64. The molecule has 0 saturated heterocycles. The lowest BCUT2D eigenvalue weighted by Gasteiger charge is -2.11. The van der Waals surface area contributed by atoms with E-state index in [1.165, 1.54) is 4.57 Å². The van der Waals surface area contributed by atoms with Crippen LogP contribution in [0.15, 0.2) is 29.2 Å². The number of nitrogens with one attached hydrogen (secondary N) is 2. The van der Waals surface area contributed by atoms with Gasteiger partial charge in [0.15, 0.2) is 0 Å². The standard InChI is InChI=1S/C14H11ClF3N5O/c1-19-11-9-3-2-7(15)4-10(9)23(13(24)22-11)6-8-5-20-12(21-8)14(16,17)18/h2-5H,6H2,1H3,(H,20,21)(H,19,22,24). The van der Waals surface area contributed by atoms with E-state index in [0.29, 0.717) is 21.7 Å². The zero-order valence-corrected chi connectivity index (χ0v) is 13.0. The number of fused-ring (bicyclic) bond motifs is 1. The van der Waals surface area contributed by atoms with Crippen LogP contribution in [0, 0.1) is 0 Å². The number of hydrogen-bond donors (Lipinski definition) is 2. The molecule has 3 rings (SSSR count). The van der Waals surface area contributed by atoms with Crippen LogP contribution in [0.4, 0.5) is 19.0 Å². The lowest BCUT2D eigenvalue weighted by atomic mass is 10.2. The summed E-state index contributed by atoms with van der Waals surface area (Å²) in [5, 5.41) is 3.82. The Bertz CT molecular complexity index is 963. The molecule has 0 radical (unpaired) electrons. The Morgan fingerprint density at radius 3 is 2.71 bits per heavy atom. The summed E-state index contributed by atoms with van der Waals surface area (Å²) in [4.78, 5) is 21.7. The van der Waals surface area contributed by atoms with Gasteiger partial charge in [0, 0.05) is 23.7 Å². The molecular formula is C14H11ClF3N5O. The number of benzene rings is 1. The molecule has 0 amide bonds. The van der Waals surface area contributed by atoms with Crippen molar-refractivity contribution in [2.24, 2.45) is 0 Å². The number of imidazole rings is 1. The van der Waals surface area contributed by atoms with Gasteiger partial charge < -0.3 is 10.3 Å². The summed E-state index contributed by atoms with van der Waals surface area (Å²) in [5.74, 6) is -0.756. The Hall–Kier alpha value is -2.55. The summed E-state index contributed by atoms with van der Waals surface area (Å²) in [7, 11) is 1.61. The molecule has 2 aromatic heterocycles. The number of rotatable bonds is 3. The minimum atomic E-state index is -4.58. The molecule has 2 N–H and O–H groups in total. The molecule has 1 aromatic carbocycles. The van der Waals surface area contributed by atoms with Gasteiger partial charge in [-0.3, -0.25) is 4.57 Å². The number of nitrogens with zero attached hydrogens (tertiary/aromatic N) is 3. The van der Waals surface area contributed by atoms with E-state index in [-0.39, 0.29) is 12.2 Å². The lowest BCUT2D eigenvalue weighted by molar-refractivity contribution is -0.144. The van der Waals surface area contributed by atoms with E-state index in [1.807, 2.05) is 0 Å². The molecule has 0 atom stereocenters. The van der Waals surface area contributed by atoms with Gasteiger partial charge in [-0.2, -0.15) is 18.2 Å². The molecule has 0 aliphatic carbocycles. The topological polar surface area (TPSA) is 75.6 Å². The second kappa shape index (κ2) is 5.82. The molecule has 0 unspecified atom stereocenters.